The van der Waals surface area contributed by atoms with Gasteiger partial charge in [-0.1, -0.05) is 30.3 Å². The molecule has 0 spiro atoms. The van der Waals surface area contributed by atoms with Crippen LogP contribution in [0.25, 0.3) is 11.6 Å². The fourth-order valence-electron chi connectivity index (χ4n) is 1.49. The van der Waals surface area contributed by atoms with Crippen molar-refractivity contribution in [3.05, 3.63) is 57.8 Å². The SMILES string of the molecule is Cc1ccccc1/C=C(\C#N)c1cccs1. The Balaban J connectivity index is 2.44. The lowest BCUT2D eigenvalue weighted by Gasteiger charge is -2.00. The number of rotatable bonds is 2. The molecule has 1 nitrogen and oxygen atoms in total. The Labute approximate surface area is 99.3 Å². The first-order chi connectivity index (χ1) is 7.81. The van der Waals surface area contributed by atoms with Gasteiger partial charge >= 0.3 is 0 Å². The van der Waals surface area contributed by atoms with E-state index in [9.17, 15) is 0 Å². The molecular weight excluding hydrogens is 214 g/mol. The molecule has 1 aromatic heterocycles. The van der Waals surface area contributed by atoms with E-state index < -0.39 is 0 Å². The standard InChI is InChI=1S/C14H11NS/c1-11-5-2-3-6-12(11)9-13(10-15)14-7-4-8-16-14/h2-9H,1H3/b13-9+. The number of aryl methyl sites for hydroxylation is 1. The van der Waals surface area contributed by atoms with Crippen molar-refractivity contribution < 1.29 is 0 Å². The first-order valence-electron chi connectivity index (χ1n) is 5.02. The summed E-state index contributed by atoms with van der Waals surface area (Å²) >= 11 is 1.59. The van der Waals surface area contributed by atoms with Crippen molar-refractivity contribution in [1.29, 1.82) is 5.26 Å². The molecule has 1 heterocycles. The zero-order valence-electron chi connectivity index (χ0n) is 8.97. The lowest BCUT2D eigenvalue weighted by molar-refractivity contribution is 1.44. The van der Waals surface area contributed by atoms with E-state index in [-0.39, 0.29) is 0 Å². The zero-order chi connectivity index (χ0) is 11.4. The van der Waals surface area contributed by atoms with E-state index in [0.717, 1.165) is 16.0 Å². The van der Waals surface area contributed by atoms with Crippen molar-refractivity contribution in [2.75, 3.05) is 0 Å². The molecule has 0 radical (unpaired) electrons. The molecule has 1 aromatic carbocycles. The van der Waals surface area contributed by atoms with E-state index >= 15 is 0 Å². The number of nitriles is 1. The number of benzene rings is 1. The average molecular weight is 225 g/mol. The number of allylic oxidation sites excluding steroid dienone is 1. The molecule has 0 amide bonds. The van der Waals surface area contributed by atoms with Crippen LogP contribution in [0.5, 0.6) is 0 Å². The van der Waals surface area contributed by atoms with Crippen molar-refractivity contribution in [1.82, 2.24) is 0 Å². The summed E-state index contributed by atoms with van der Waals surface area (Å²) in [5, 5.41) is 11.1. The van der Waals surface area contributed by atoms with E-state index in [1.165, 1.54) is 5.56 Å². The molecule has 2 heteroatoms. The van der Waals surface area contributed by atoms with Crippen LogP contribution in [-0.4, -0.2) is 0 Å². The van der Waals surface area contributed by atoms with Crippen LogP contribution in [0, 0.1) is 18.3 Å². The Morgan fingerprint density at radius 2 is 2.06 bits per heavy atom. The number of nitrogens with zero attached hydrogens (tertiary/aromatic N) is 1. The highest BCUT2D eigenvalue weighted by molar-refractivity contribution is 7.11. The van der Waals surface area contributed by atoms with Crippen molar-refractivity contribution in [2.24, 2.45) is 0 Å². The number of hydrogen-bond donors (Lipinski definition) is 0. The van der Waals surface area contributed by atoms with Gasteiger partial charge in [-0.2, -0.15) is 5.26 Å². The van der Waals surface area contributed by atoms with Gasteiger partial charge < -0.3 is 0 Å². The molecule has 0 saturated heterocycles. The summed E-state index contributed by atoms with van der Waals surface area (Å²) in [6.07, 6.45) is 1.95. The highest BCUT2D eigenvalue weighted by Crippen LogP contribution is 2.23. The second-order valence-electron chi connectivity index (χ2n) is 3.50. The molecule has 2 aromatic rings. The lowest BCUT2D eigenvalue weighted by Crippen LogP contribution is -1.81. The van der Waals surface area contributed by atoms with Crippen LogP contribution in [0.2, 0.25) is 0 Å². The van der Waals surface area contributed by atoms with Crippen LogP contribution >= 0.6 is 11.3 Å². The third kappa shape index (κ3) is 2.21. The largest absolute Gasteiger partial charge is 0.192 e. The Kier molecular flexibility index (Phi) is 3.19. The number of thiophene rings is 1. The van der Waals surface area contributed by atoms with Crippen LogP contribution in [0.1, 0.15) is 16.0 Å². The van der Waals surface area contributed by atoms with E-state index in [2.05, 4.69) is 19.1 Å². The van der Waals surface area contributed by atoms with Gasteiger partial charge in [0.2, 0.25) is 0 Å². The quantitative estimate of drug-likeness (QED) is 0.705. The van der Waals surface area contributed by atoms with Crippen LogP contribution in [0.3, 0.4) is 0 Å². The molecule has 0 fully saturated rings. The Morgan fingerprint density at radius 1 is 1.25 bits per heavy atom. The second kappa shape index (κ2) is 4.78. The van der Waals surface area contributed by atoms with Gasteiger partial charge in [0, 0.05) is 4.88 Å². The molecule has 2 rings (SSSR count). The minimum atomic E-state index is 0.726. The average Bonchev–Trinajstić information content (AvgIpc) is 2.81. The monoisotopic (exact) mass is 225 g/mol. The van der Waals surface area contributed by atoms with Gasteiger partial charge in [0.05, 0.1) is 5.57 Å². The third-order valence-electron chi connectivity index (χ3n) is 2.40. The summed E-state index contributed by atoms with van der Waals surface area (Å²) in [5.41, 5.74) is 3.02. The molecule has 0 unspecified atom stereocenters. The van der Waals surface area contributed by atoms with E-state index in [1.54, 1.807) is 11.3 Å². The minimum absolute atomic E-state index is 0.726. The molecule has 0 saturated carbocycles. The van der Waals surface area contributed by atoms with Gasteiger partial charge in [-0.25, -0.2) is 0 Å². The normalized spacial score (nSPS) is 11.1. The molecule has 0 N–H and O–H groups in total. The molecule has 78 valence electrons. The highest BCUT2D eigenvalue weighted by atomic mass is 32.1. The maximum absolute atomic E-state index is 9.14. The van der Waals surface area contributed by atoms with Crippen molar-refractivity contribution in [2.45, 2.75) is 6.92 Å². The summed E-state index contributed by atoms with van der Waals surface area (Å²) in [7, 11) is 0. The summed E-state index contributed by atoms with van der Waals surface area (Å²) in [6, 6.07) is 14.3. The van der Waals surface area contributed by atoms with Crippen molar-refractivity contribution in [3.8, 4) is 6.07 Å². The molecule has 0 aliphatic carbocycles. The fraction of sp³-hybridized carbons (Fsp3) is 0.0714. The smallest absolute Gasteiger partial charge is 0.101 e. The summed E-state index contributed by atoms with van der Waals surface area (Å²) in [4.78, 5) is 1.02. The topological polar surface area (TPSA) is 23.8 Å². The second-order valence-corrected chi connectivity index (χ2v) is 4.45. The third-order valence-corrected chi connectivity index (χ3v) is 3.30. The maximum Gasteiger partial charge on any atom is 0.101 e. The molecule has 0 bridgehead atoms. The molecule has 0 aliphatic rings. The van der Waals surface area contributed by atoms with Crippen LogP contribution < -0.4 is 0 Å². The number of hydrogen-bond acceptors (Lipinski definition) is 2. The Bertz CT molecular complexity index is 544. The van der Waals surface area contributed by atoms with Gasteiger partial charge in [-0.05, 0) is 35.6 Å². The fourth-order valence-corrected chi connectivity index (χ4v) is 2.19. The van der Waals surface area contributed by atoms with Gasteiger partial charge in [0.15, 0.2) is 0 Å². The van der Waals surface area contributed by atoms with Crippen LogP contribution in [0.15, 0.2) is 41.8 Å². The van der Waals surface area contributed by atoms with Gasteiger partial charge in [0.25, 0.3) is 0 Å². The first-order valence-corrected chi connectivity index (χ1v) is 5.90. The summed E-state index contributed by atoms with van der Waals surface area (Å²) < 4.78 is 0. The first kappa shape index (κ1) is 10.7. The van der Waals surface area contributed by atoms with E-state index in [4.69, 9.17) is 5.26 Å². The highest BCUT2D eigenvalue weighted by Gasteiger charge is 2.02. The molecule has 0 atom stereocenters. The van der Waals surface area contributed by atoms with E-state index in [1.807, 2.05) is 41.8 Å². The molecule has 16 heavy (non-hydrogen) atoms. The Hall–Kier alpha value is -1.85. The summed E-state index contributed by atoms with van der Waals surface area (Å²) in [6.45, 7) is 2.05. The van der Waals surface area contributed by atoms with Gasteiger partial charge in [0.1, 0.15) is 6.07 Å². The van der Waals surface area contributed by atoms with Crippen LogP contribution in [0.4, 0.5) is 0 Å². The maximum atomic E-state index is 9.14. The predicted octanol–water partition coefficient (Wildman–Crippen LogP) is 4.12. The van der Waals surface area contributed by atoms with Gasteiger partial charge in [-0.15, -0.1) is 11.3 Å². The minimum Gasteiger partial charge on any atom is -0.192 e. The van der Waals surface area contributed by atoms with Crippen molar-refractivity contribution in [3.63, 3.8) is 0 Å². The molecule has 0 aliphatic heterocycles. The zero-order valence-corrected chi connectivity index (χ0v) is 9.79. The predicted molar refractivity (Wildman–Crippen MR) is 69.0 cm³/mol. The van der Waals surface area contributed by atoms with E-state index in [0.29, 0.717) is 0 Å². The van der Waals surface area contributed by atoms with Crippen molar-refractivity contribution >= 4 is 23.0 Å². The lowest BCUT2D eigenvalue weighted by atomic mass is 10.1. The van der Waals surface area contributed by atoms with Gasteiger partial charge in [-0.3, -0.25) is 0 Å². The molecular formula is C14H11NS. The Morgan fingerprint density at radius 3 is 2.69 bits per heavy atom. The van der Waals surface area contributed by atoms with Crippen LogP contribution in [-0.2, 0) is 0 Å². The summed E-state index contributed by atoms with van der Waals surface area (Å²) in [5.74, 6) is 0.